The average molecular weight is 268 g/mol. The molecule has 0 bridgehead atoms. The molecule has 0 saturated carbocycles. The van der Waals surface area contributed by atoms with Gasteiger partial charge < -0.3 is 5.73 Å². The smallest absolute Gasteiger partial charge is 0.159 e. The first kappa shape index (κ1) is 13.0. The van der Waals surface area contributed by atoms with E-state index in [2.05, 4.69) is 4.98 Å². The Morgan fingerprint density at radius 3 is 2.33 bits per heavy atom. The number of aromatic nitrogens is 1. The molecular formula is C13H14F2N2S. The van der Waals surface area contributed by atoms with Crippen molar-refractivity contribution in [2.45, 2.75) is 26.2 Å². The third kappa shape index (κ3) is 2.36. The van der Waals surface area contributed by atoms with Gasteiger partial charge in [-0.2, -0.15) is 0 Å². The third-order valence-electron chi connectivity index (χ3n) is 2.49. The van der Waals surface area contributed by atoms with Crippen molar-refractivity contribution < 1.29 is 8.78 Å². The third-order valence-corrected chi connectivity index (χ3v) is 3.80. The molecule has 0 unspecified atom stereocenters. The highest BCUT2D eigenvalue weighted by molar-refractivity contribution is 7.16. The summed E-state index contributed by atoms with van der Waals surface area (Å²) < 4.78 is 26.1. The number of hydrogen-bond donors (Lipinski definition) is 1. The predicted octanol–water partition coefficient (Wildman–Crippen LogP) is 3.97. The Morgan fingerprint density at radius 1 is 1.17 bits per heavy atom. The van der Waals surface area contributed by atoms with Crippen LogP contribution in [0.1, 0.15) is 25.8 Å². The van der Waals surface area contributed by atoms with Crippen LogP contribution < -0.4 is 5.73 Å². The van der Waals surface area contributed by atoms with Crippen LogP contribution in [0.5, 0.6) is 0 Å². The zero-order valence-corrected chi connectivity index (χ0v) is 11.2. The Kier molecular flexibility index (Phi) is 3.11. The number of thiazole rings is 1. The van der Waals surface area contributed by atoms with Gasteiger partial charge >= 0.3 is 0 Å². The first-order chi connectivity index (χ1) is 8.29. The molecule has 2 nitrogen and oxygen atoms in total. The summed E-state index contributed by atoms with van der Waals surface area (Å²) in [6.45, 7) is 6.08. The minimum absolute atomic E-state index is 0.115. The van der Waals surface area contributed by atoms with Gasteiger partial charge in [0.1, 0.15) is 15.7 Å². The summed E-state index contributed by atoms with van der Waals surface area (Å²) in [6, 6.07) is 3.68. The van der Waals surface area contributed by atoms with Crippen molar-refractivity contribution in [3.63, 3.8) is 0 Å². The Morgan fingerprint density at radius 2 is 1.83 bits per heavy atom. The van der Waals surface area contributed by atoms with E-state index in [1.54, 1.807) is 0 Å². The van der Waals surface area contributed by atoms with E-state index in [-0.39, 0.29) is 5.41 Å². The van der Waals surface area contributed by atoms with Crippen LogP contribution in [0.15, 0.2) is 18.2 Å². The SMILES string of the molecule is CC(C)(C)c1nc(-c2ccc(F)c(F)c2)c(N)s1. The minimum atomic E-state index is -0.891. The first-order valence-electron chi connectivity index (χ1n) is 5.51. The van der Waals surface area contributed by atoms with E-state index in [0.717, 1.165) is 17.1 Å². The number of rotatable bonds is 1. The maximum absolute atomic E-state index is 13.2. The van der Waals surface area contributed by atoms with Crippen LogP contribution in [0, 0.1) is 11.6 Å². The molecule has 5 heteroatoms. The first-order valence-corrected chi connectivity index (χ1v) is 6.33. The highest BCUT2D eigenvalue weighted by Gasteiger charge is 2.21. The van der Waals surface area contributed by atoms with E-state index in [1.807, 2.05) is 20.8 Å². The Labute approximate surface area is 108 Å². The number of halogens is 2. The molecule has 0 aliphatic heterocycles. The molecule has 0 spiro atoms. The van der Waals surface area contributed by atoms with Crippen LogP contribution in [0.4, 0.5) is 13.8 Å². The number of anilines is 1. The van der Waals surface area contributed by atoms with Gasteiger partial charge in [0.2, 0.25) is 0 Å². The molecule has 0 radical (unpaired) electrons. The summed E-state index contributed by atoms with van der Waals surface area (Å²) in [5.41, 5.74) is 6.80. The Balaban J connectivity index is 2.51. The number of nitrogens with two attached hydrogens (primary N) is 1. The van der Waals surface area contributed by atoms with Crippen molar-refractivity contribution in [2.75, 3.05) is 5.73 Å². The summed E-state index contributed by atoms with van der Waals surface area (Å²) >= 11 is 1.38. The van der Waals surface area contributed by atoms with Crippen molar-refractivity contribution in [3.05, 3.63) is 34.8 Å². The number of hydrogen-bond acceptors (Lipinski definition) is 3. The van der Waals surface area contributed by atoms with Crippen LogP contribution in [-0.4, -0.2) is 4.98 Å². The zero-order valence-electron chi connectivity index (χ0n) is 10.4. The standard InChI is InChI=1S/C13H14F2N2S/c1-13(2,3)12-17-10(11(16)18-12)7-4-5-8(14)9(15)6-7/h4-6H,16H2,1-3H3. The molecule has 1 aromatic heterocycles. The summed E-state index contributed by atoms with van der Waals surface area (Å²) in [7, 11) is 0. The predicted molar refractivity (Wildman–Crippen MR) is 70.6 cm³/mol. The second kappa shape index (κ2) is 4.31. The largest absolute Gasteiger partial charge is 0.389 e. The minimum Gasteiger partial charge on any atom is -0.389 e. The van der Waals surface area contributed by atoms with Crippen LogP contribution in [0.2, 0.25) is 0 Å². The molecule has 0 aliphatic carbocycles. The van der Waals surface area contributed by atoms with Gasteiger partial charge in [0, 0.05) is 11.0 Å². The number of benzene rings is 1. The Hall–Kier alpha value is -1.49. The van der Waals surface area contributed by atoms with Gasteiger partial charge in [-0.1, -0.05) is 20.8 Å². The summed E-state index contributed by atoms with van der Waals surface area (Å²) in [4.78, 5) is 4.43. The molecule has 1 heterocycles. The molecule has 1 aromatic carbocycles. The molecule has 0 amide bonds. The van der Waals surface area contributed by atoms with E-state index in [9.17, 15) is 8.78 Å². The Bertz CT molecular complexity index is 585. The second-order valence-electron chi connectivity index (χ2n) is 5.11. The summed E-state index contributed by atoms with van der Waals surface area (Å²) in [5, 5.41) is 1.39. The maximum atomic E-state index is 13.2. The van der Waals surface area contributed by atoms with E-state index >= 15 is 0 Å². The van der Waals surface area contributed by atoms with E-state index in [4.69, 9.17) is 5.73 Å². The molecule has 2 aromatic rings. The molecular weight excluding hydrogens is 254 g/mol. The fourth-order valence-electron chi connectivity index (χ4n) is 1.50. The van der Waals surface area contributed by atoms with E-state index < -0.39 is 11.6 Å². The van der Waals surface area contributed by atoms with Crippen molar-refractivity contribution in [2.24, 2.45) is 0 Å². The van der Waals surface area contributed by atoms with Gasteiger partial charge in [0.05, 0.1) is 0 Å². The monoisotopic (exact) mass is 268 g/mol. The summed E-state index contributed by atoms with van der Waals surface area (Å²) in [6.07, 6.45) is 0. The highest BCUT2D eigenvalue weighted by Crippen LogP contribution is 2.36. The molecule has 0 aliphatic rings. The molecule has 2 rings (SSSR count). The zero-order chi connectivity index (χ0) is 13.5. The van der Waals surface area contributed by atoms with Gasteiger partial charge in [0.15, 0.2) is 11.6 Å². The lowest BCUT2D eigenvalue weighted by Gasteiger charge is -2.13. The van der Waals surface area contributed by atoms with E-state index in [1.165, 1.54) is 17.4 Å². The normalized spacial score (nSPS) is 11.8. The van der Waals surface area contributed by atoms with Gasteiger partial charge in [-0.25, -0.2) is 13.8 Å². The van der Waals surface area contributed by atoms with Crippen LogP contribution >= 0.6 is 11.3 Å². The molecule has 0 atom stereocenters. The van der Waals surface area contributed by atoms with Gasteiger partial charge in [-0.05, 0) is 18.2 Å². The summed E-state index contributed by atoms with van der Waals surface area (Å²) in [5.74, 6) is -1.76. The topological polar surface area (TPSA) is 38.9 Å². The van der Waals surface area contributed by atoms with Crippen LogP contribution in [0.25, 0.3) is 11.3 Å². The van der Waals surface area contributed by atoms with Crippen LogP contribution in [-0.2, 0) is 5.41 Å². The molecule has 96 valence electrons. The molecule has 2 N–H and O–H groups in total. The number of nitrogens with zero attached hydrogens (tertiary/aromatic N) is 1. The number of nitrogen functional groups attached to an aromatic ring is 1. The molecule has 0 saturated heterocycles. The van der Waals surface area contributed by atoms with Crippen molar-refractivity contribution in [1.82, 2.24) is 4.98 Å². The lowest BCUT2D eigenvalue weighted by atomic mass is 9.98. The van der Waals surface area contributed by atoms with Crippen molar-refractivity contribution in [3.8, 4) is 11.3 Å². The fraction of sp³-hybridized carbons (Fsp3) is 0.308. The van der Waals surface area contributed by atoms with Crippen molar-refractivity contribution in [1.29, 1.82) is 0 Å². The average Bonchev–Trinajstić information content (AvgIpc) is 2.64. The van der Waals surface area contributed by atoms with E-state index in [0.29, 0.717) is 16.3 Å². The molecule has 0 fully saturated rings. The second-order valence-corrected chi connectivity index (χ2v) is 6.14. The van der Waals surface area contributed by atoms with Crippen molar-refractivity contribution >= 4 is 16.3 Å². The van der Waals surface area contributed by atoms with Gasteiger partial charge in [0.25, 0.3) is 0 Å². The lowest BCUT2D eigenvalue weighted by Crippen LogP contribution is -2.10. The maximum Gasteiger partial charge on any atom is 0.159 e. The lowest BCUT2D eigenvalue weighted by molar-refractivity contribution is 0.509. The molecule has 18 heavy (non-hydrogen) atoms. The fourth-order valence-corrected chi connectivity index (χ4v) is 2.41. The quantitative estimate of drug-likeness (QED) is 0.850. The van der Waals surface area contributed by atoms with Gasteiger partial charge in [-0.15, -0.1) is 11.3 Å². The van der Waals surface area contributed by atoms with Gasteiger partial charge in [-0.3, -0.25) is 0 Å². The van der Waals surface area contributed by atoms with Crippen LogP contribution in [0.3, 0.4) is 0 Å². The highest BCUT2D eigenvalue weighted by atomic mass is 32.1.